The molecule has 0 aliphatic heterocycles. The third-order valence-corrected chi connectivity index (χ3v) is 4.94. The topological polar surface area (TPSA) is 84.7 Å². The number of nitro benzene ring substituents is 1. The van der Waals surface area contributed by atoms with E-state index in [2.05, 4.69) is 5.32 Å². The number of benzene rings is 2. The van der Waals surface area contributed by atoms with Crippen molar-refractivity contribution < 1.29 is 14.5 Å². The fourth-order valence-electron chi connectivity index (χ4n) is 2.65. The quantitative estimate of drug-likeness (QED) is 0.452. The number of hydrogen-bond donors (Lipinski definition) is 1. The summed E-state index contributed by atoms with van der Waals surface area (Å²) in [6.07, 6.45) is 0. The van der Waals surface area contributed by atoms with Crippen molar-refractivity contribution >= 4 is 34.3 Å². The van der Waals surface area contributed by atoms with E-state index in [9.17, 15) is 14.9 Å². The Morgan fingerprint density at radius 1 is 1.18 bits per heavy atom. The van der Waals surface area contributed by atoms with Crippen LogP contribution in [0.3, 0.4) is 0 Å². The molecular formula is C20H19N3O4S. The molecule has 1 aromatic heterocycles. The van der Waals surface area contributed by atoms with Gasteiger partial charge in [-0.05, 0) is 41.8 Å². The molecular weight excluding hydrogens is 378 g/mol. The molecule has 0 spiro atoms. The Balaban J connectivity index is 1.75. The Morgan fingerprint density at radius 3 is 2.61 bits per heavy atom. The van der Waals surface area contributed by atoms with E-state index in [0.717, 1.165) is 10.6 Å². The number of carbonyl (C=O) groups excluding carboxylic acids is 1. The van der Waals surface area contributed by atoms with Crippen LogP contribution in [0.1, 0.15) is 4.88 Å². The summed E-state index contributed by atoms with van der Waals surface area (Å²) in [4.78, 5) is 26.1. The highest BCUT2D eigenvalue weighted by atomic mass is 32.1. The molecule has 7 nitrogen and oxygen atoms in total. The number of carbonyl (C=O) groups is 1. The number of hydrogen-bond acceptors (Lipinski definition) is 6. The second-order valence-corrected chi connectivity index (χ2v) is 6.95. The molecule has 2 aromatic carbocycles. The molecule has 0 saturated carbocycles. The first-order valence-electron chi connectivity index (χ1n) is 8.52. The van der Waals surface area contributed by atoms with Crippen molar-refractivity contribution in [1.29, 1.82) is 0 Å². The van der Waals surface area contributed by atoms with E-state index in [1.807, 2.05) is 29.6 Å². The third-order valence-electron chi connectivity index (χ3n) is 4.08. The van der Waals surface area contributed by atoms with E-state index in [-0.39, 0.29) is 18.1 Å². The minimum absolute atomic E-state index is 0.0125. The van der Waals surface area contributed by atoms with Crippen LogP contribution in [-0.4, -0.2) is 24.5 Å². The smallest absolute Gasteiger partial charge is 0.271 e. The third kappa shape index (κ3) is 4.86. The second kappa shape index (κ2) is 9.01. The summed E-state index contributed by atoms with van der Waals surface area (Å²) in [5.74, 6) is 0.562. The molecule has 0 unspecified atom stereocenters. The van der Waals surface area contributed by atoms with Gasteiger partial charge in [0.05, 0.1) is 25.1 Å². The van der Waals surface area contributed by atoms with Crippen LogP contribution < -0.4 is 15.0 Å². The maximum absolute atomic E-state index is 12.9. The van der Waals surface area contributed by atoms with E-state index in [1.165, 1.54) is 12.1 Å². The molecule has 0 aliphatic carbocycles. The zero-order valence-corrected chi connectivity index (χ0v) is 16.0. The Kier molecular flexibility index (Phi) is 6.23. The molecule has 3 rings (SSSR count). The summed E-state index contributed by atoms with van der Waals surface area (Å²) < 4.78 is 5.18. The number of nitrogens with one attached hydrogen (secondary N) is 1. The number of nitro groups is 1. The highest BCUT2D eigenvalue weighted by Gasteiger charge is 2.17. The Hall–Kier alpha value is -3.39. The Morgan fingerprint density at radius 2 is 1.96 bits per heavy atom. The van der Waals surface area contributed by atoms with Crippen molar-refractivity contribution in [3.8, 4) is 5.75 Å². The van der Waals surface area contributed by atoms with Gasteiger partial charge in [-0.25, -0.2) is 0 Å². The van der Waals surface area contributed by atoms with Crippen molar-refractivity contribution in [3.05, 3.63) is 81.0 Å². The molecule has 0 fully saturated rings. The molecule has 0 radical (unpaired) electrons. The van der Waals surface area contributed by atoms with Gasteiger partial charge in [-0.1, -0.05) is 12.1 Å². The number of methoxy groups -OCH3 is 1. The SMILES string of the molecule is COc1ccc(N(Cc2cccs2)C(=O)CNc2cccc([N+](=O)[O-])c2)cc1. The van der Waals surface area contributed by atoms with E-state index in [0.29, 0.717) is 18.0 Å². The summed E-state index contributed by atoms with van der Waals surface area (Å²) in [5, 5.41) is 15.8. The standard InChI is InChI=1S/C20H19N3O4S/c1-27-18-9-7-16(8-10-18)22(14-19-6-3-11-28-19)20(24)13-21-15-4-2-5-17(12-15)23(25)26/h2-12,21H,13-14H2,1H3. The van der Waals surface area contributed by atoms with Gasteiger partial charge in [0.15, 0.2) is 0 Å². The maximum atomic E-state index is 12.9. The minimum Gasteiger partial charge on any atom is -0.497 e. The van der Waals surface area contributed by atoms with E-state index < -0.39 is 4.92 Å². The summed E-state index contributed by atoms with van der Waals surface area (Å²) in [5.41, 5.74) is 1.25. The van der Waals surface area contributed by atoms with Crippen LogP contribution in [0.25, 0.3) is 0 Å². The summed E-state index contributed by atoms with van der Waals surface area (Å²) in [6.45, 7) is 0.456. The van der Waals surface area contributed by atoms with Gasteiger partial charge in [0.1, 0.15) is 5.75 Å². The lowest BCUT2D eigenvalue weighted by Gasteiger charge is -2.23. The van der Waals surface area contributed by atoms with Gasteiger partial charge in [0, 0.05) is 28.4 Å². The molecule has 1 N–H and O–H groups in total. The number of non-ortho nitro benzene ring substituents is 1. The number of thiophene rings is 1. The zero-order valence-electron chi connectivity index (χ0n) is 15.2. The van der Waals surface area contributed by atoms with Crippen molar-refractivity contribution in [2.45, 2.75) is 6.54 Å². The largest absolute Gasteiger partial charge is 0.497 e. The molecule has 8 heteroatoms. The van der Waals surface area contributed by atoms with E-state index in [4.69, 9.17) is 4.74 Å². The molecule has 0 saturated heterocycles. The lowest BCUT2D eigenvalue weighted by atomic mass is 10.2. The zero-order chi connectivity index (χ0) is 19.9. The second-order valence-electron chi connectivity index (χ2n) is 5.92. The molecule has 28 heavy (non-hydrogen) atoms. The number of anilines is 2. The summed E-state index contributed by atoms with van der Waals surface area (Å²) in [6, 6.07) is 17.3. The monoisotopic (exact) mass is 397 g/mol. The average Bonchev–Trinajstić information content (AvgIpc) is 3.24. The van der Waals surface area contributed by atoms with E-state index >= 15 is 0 Å². The lowest BCUT2D eigenvalue weighted by molar-refractivity contribution is -0.384. The van der Waals surface area contributed by atoms with Crippen molar-refractivity contribution in [2.24, 2.45) is 0 Å². The molecule has 144 valence electrons. The van der Waals surface area contributed by atoms with Crippen LogP contribution in [0.2, 0.25) is 0 Å². The van der Waals surface area contributed by atoms with Crippen LogP contribution in [0.15, 0.2) is 66.0 Å². The number of rotatable bonds is 8. The van der Waals surface area contributed by atoms with Gasteiger partial charge < -0.3 is 15.0 Å². The normalized spacial score (nSPS) is 10.3. The first-order chi connectivity index (χ1) is 13.6. The van der Waals surface area contributed by atoms with Gasteiger partial charge in [-0.15, -0.1) is 11.3 Å². The minimum atomic E-state index is -0.465. The molecule has 0 aliphatic rings. The van der Waals surface area contributed by atoms with Crippen LogP contribution in [-0.2, 0) is 11.3 Å². The Labute approximate surface area is 166 Å². The lowest BCUT2D eigenvalue weighted by Crippen LogP contribution is -2.35. The highest BCUT2D eigenvalue weighted by Crippen LogP contribution is 2.23. The summed E-state index contributed by atoms with van der Waals surface area (Å²) >= 11 is 1.58. The van der Waals surface area contributed by atoms with Crippen LogP contribution in [0.5, 0.6) is 5.75 Å². The van der Waals surface area contributed by atoms with Gasteiger partial charge in [-0.3, -0.25) is 14.9 Å². The maximum Gasteiger partial charge on any atom is 0.271 e. The molecule has 3 aromatic rings. The van der Waals surface area contributed by atoms with Gasteiger partial charge in [0.25, 0.3) is 5.69 Å². The molecule has 1 heterocycles. The molecule has 0 bridgehead atoms. The molecule has 0 atom stereocenters. The predicted molar refractivity (Wildman–Crippen MR) is 110 cm³/mol. The number of ether oxygens (including phenoxy) is 1. The van der Waals surface area contributed by atoms with Gasteiger partial charge in [0.2, 0.25) is 5.91 Å². The van der Waals surface area contributed by atoms with Gasteiger partial charge in [-0.2, -0.15) is 0 Å². The van der Waals surface area contributed by atoms with Crippen molar-refractivity contribution in [2.75, 3.05) is 23.9 Å². The Bertz CT molecular complexity index is 942. The summed E-state index contributed by atoms with van der Waals surface area (Å²) in [7, 11) is 1.59. The van der Waals surface area contributed by atoms with Crippen LogP contribution in [0, 0.1) is 10.1 Å². The number of nitrogens with zero attached hydrogens (tertiary/aromatic N) is 2. The van der Waals surface area contributed by atoms with E-state index in [1.54, 1.807) is 47.6 Å². The number of amides is 1. The van der Waals surface area contributed by atoms with Crippen molar-refractivity contribution in [1.82, 2.24) is 0 Å². The fraction of sp³-hybridized carbons (Fsp3) is 0.150. The van der Waals surface area contributed by atoms with Gasteiger partial charge >= 0.3 is 0 Å². The van der Waals surface area contributed by atoms with Crippen molar-refractivity contribution in [3.63, 3.8) is 0 Å². The average molecular weight is 397 g/mol. The first-order valence-corrected chi connectivity index (χ1v) is 9.40. The molecule has 1 amide bonds. The predicted octanol–water partition coefficient (Wildman–Crippen LogP) is 4.31. The van der Waals surface area contributed by atoms with Crippen LogP contribution >= 0.6 is 11.3 Å². The fourth-order valence-corrected chi connectivity index (χ4v) is 3.34. The van der Waals surface area contributed by atoms with Crippen LogP contribution in [0.4, 0.5) is 17.1 Å². The highest BCUT2D eigenvalue weighted by molar-refractivity contribution is 7.09. The first kappa shape index (κ1) is 19.4.